The third-order valence-corrected chi connectivity index (χ3v) is 1.14. The van der Waals surface area contributed by atoms with Gasteiger partial charge in [-0.2, -0.15) is 0 Å². The Kier molecular flexibility index (Phi) is 3.64. The van der Waals surface area contributed by atoms with Gasteiger partial charge in [-0.15, -0.1) is 0 Å². The maximum absolute atomic E-state index is 9.79. The first-order valence-corrected chi connectivity index (χ1v) is 3.86. The van der Waals surface area contributed by atoms with Crippen LogP contribution in [0.4, 0.5) is 0 Å². The molecule has 0 fully saturated rings. The monoisotopic (exact) mass is 184 g/mol. The minimum atomic E-state index is -5.18. The Bertz CT molecular complexity index is 182. The van der Waals surface area contributed by atoms with Crippen LogP contribution in [0, 0.1) is 0 Å². The van der Waals surface area contributed by atoms with Crippen molar-refractivity contribution in [1.29, 1.82) is 0 Å². The first-order valence-electron chi connectivity index (χ1n) is 2.40. The summed E-state index contributed by atoms with van der Waals surface area (Å²) in [5, 5.41) is 16.3. The molecule has 0 aliphatic rings. The average molecular weight is 184 g/mol. The number of aliphatic hydroxyl groups is 1. The molecule has 0 aliphatic carbocycles. The molecule has 0 saturated carbocycles. The second-order valence-electron chi connectivity index (χ2n) is 1.60. The molecule has 2 N–H and O–H groups in total. The van der Waals surface area contributed by atoms with Crippen molar-refractivity contribution >= 4 is 13.8 Å². The second kappa shape index (κ2) is 3.80. The highest BCUT2D eigenvalue weighted by Gasteiger charge is 2.13. The van der Waals surface area contributed by atoms with E-state index in [1.165, 1.54) is 0 Å². The van der Waals surface area contributed by atoms with E-state index in [0.29, 0.717) is 0 Å². The Morgan fingerprint density at radius 1 is 1.64 bits per heavy atom. The normalized spacial score (nSPS) is 14.5. The zero-order chi connectivity index (χ0) is 9.07. The molecule has 0 heterocycles. The number of rotatable bonds is 4. The first kappa shape index (κ1) is 10.5. The largest absolute Gasteiger partial charge is 0.790 e. The van der Waals surface area contributed by atoms with Crippen molar-refractivity contribution in [3.8, 4) is 0 Å². The number of phosphoric ester groups is 1. The van der Waals surface area contributed by atoms with Crippen molar-refractivity contribution in [2.45, 2.75) is 6.10 Å². The number of phosphoric acid groups is 1. The summed E-state index contributed by atoms with van der Waals surface area (Å²) in [6.07, 6.45) is -1.99. The van der Waals surface area contributed by atoms with Crippen molar-refractivity contribution in [2.24, 2.45) is 0 Å². The van der Waals surface area contributed by atoms with Gasteiger partial charge in [0.25, 0.3) is 0 Å². The zero-order valence-corrected chi connectivity index (χ0v) is 6.06. The van der Waals surface area contributed by atoms with Gasteiger partial charge in [0, 0.05) is 0 Å². The number of hydrogen-bond donors (Lipinski definition) is 2. The lowest BCUT2D eigenvalue weighted by Crippen LogP contribution is -2.28. The lowest BCUT2D eigenvalue weighted by atomic mass is 10.4. The minimum absolute atomic E-state index is 1.06. The van der Waals surface area contributed by atoms with E-state index >= 15 is 0 Å². The molecule has 0 aromatic carbocycles. The van der Waals surface area contributed by atoms with Crippen LogP contribution in [0.1, 0.15) is 0 Å². The van der Waals surface area contributed by atoms with Crippen LogP contribution in [0.15, 0.2) is 0 Å². The first-order chi connectivity index (χ1) is 4.83. The SMILES string of the molecule is O=C(O)C(O)COP(=O)([O-])[O-]. The molecule has 1 atom stereocenters. The lowest BCUT2D eigenvalue weighted by molar-refractivity contribution is -0.342. The number of carboxylic acid groups (broad SMARTS) is 1. The Morgan fingerprint density at radius 3 is 2.36 bits per heavy atom. The summed E-state index contributed by atoms with van der Waals surface area (Å²) in [7, 11) is -5.18. The summed E-state index contributed by atoms with van der Waals surface area (Å²) < 4.78 is 13.2. The van der Waals surface area contributed by atoms with Crippen LogP contribution in [0.5, 0.6) is 0 Å². The summed E-state index contributed by atoms with van der Waals surface area (Å²) >= 11 is 0. The fourth-order valence-corrected chi connectivity index (χ4v) is 0.557. The fourth-order valence-electron chi connectivity index (χ4n) is 0.233. The number of carbonyl (C=O) groups is 1. The van der Waals surface area contributed by atoms with E-state index in [1.54, 1.807) is 0 Å². The van der Waals surface area contributed by atoms with E-state index in [4.69, 9.17) is 10.2 Å². The van der Waals surface area contributed by atoms with Crippen molar-refractivity contribution in [2.75, 3.05) is 6.61 Å². The molecule has 0 aromatic rings. The highest BCUT2D eigenvalue weighted by molar-refractivity contribution is 7.43. The molecule has 0 amide bonds. The van der Waals surface area contributed by atoms with Gasteiger partial charge in [0.1, 0.15) is 0 Å². The van der Waals surface area contributed by atoms with Crippen LogP contribution in [0.25, 0.3) is 0 Å². The Balaban J connectivity index is 3.72. The average Bonchev–Trinajstić information content (AvgIpc) is 1.80. The Morgan fingerprint density at radius 2 is 2.09 bits per heavy atom. The summed E-state index contributed by atoms with van der Waals surface area (Å²) in [5.41, 5.74) is 0. The van der Waals surface area contributed by atoms with Gasteiger partial charge in [0.15, 0.2) is 6.10 Å². The van der Waals surface area contributed by atoms with Gasteiger partial charge in [-0.05, 0) is 0 Å². The Labute approximate surface area is 61.5 Å². The van der Waals surface area contributed by atoms with Crippen LogP contribution in [-0.4, -0.2) is 28.9 Å². The van der Waals surface area contributed by atoms with Crippen LogP contribution in [0.2, 0.25) is 0 Å². The van der Waals surface area contributed by atoms with Gasteiger partial charge >= 0.3 is 5.97 Å². The Hall–Kier alpha value is -0.460. The number of aliphatic hydroxyl groups excluding tert-OH is 1. The molecule has 1 unspecified atom stereocenters. The van der Waals surface area contributed by atoms with Gasteiger partial charge in [-0.25, -0.2) is 4.79 Å². The van der Waals surface area contributed by atoms with Crippen LogP contribution < -0.4 is 9.79 Å². The highest BCUT2D eigenvalue weighted by Crippen LogP contribution is 2.24. The fraction of sp³-hybridized carbons (Fsp3) is 0.667. The molecule has 0 radical (unpaired) electrons. The summed E-state index contributed by atoms with van der Waals surface area (Å²) in [5.74, 6) is -1.65. The van der Waals surface area contributed by atoms with E-state index in [1.807, 2.05) is 0 Å². The molecule has 11 heavy (non-hydrogen) atoms. The van der Waals surface area contributed by atoms with E-state index in [9.17, 15) is 19.1 Å². The minimum Gasteiger partial charge on any atom is -0.790 e. The lowest BCUT2D eigenvalue weighted by Gasteiger charge is -2.28. The number of hydrogen-bond acceptors (Lipinski definition) is 6. The third-order valence-electron chi connectivity index (χ3n) is 0.676. The van der Waals surface area contributed by atoms with E-state index in [-0.39, 0.29) is 0 Å². The molecule has 0 spiro atoms. The van der Waals surface area contributed by atoms with Gasteiger partial charge in [-0.3, -0.25) is 0 Å². The molecular weight excluding hydrogens is 179 g/mol. The summed E-state index contributed by atoms with van der Waals surface area (Å²) in [6.45, 7) is -1.06. The predicted octanol–water partition coefficient (Wildman–Crippen LogP) is -2.72. The molecule has 8 heteroatoms. The molecule has 0 rings (SSSR count). The maximum atomic E-state index is 9.79. The molecule has 0 aromatic heterocycles. The topological polar surface area (TPSA) is 130 Å². The predicted molar refractivity (Wildman–Crippen MR) is 27.2 cm³/mol. The van der Waals surface area contributed by atoms with Crippen molar-refractivity contribution in [3.05, 3.63) is 0 Å². The molecule has 66 valence electrons. The molecule has 0 aliphatic heterocycles. The molecule has 0 bridgehead atoms. The maximum Gasteiger partial charge on any atom is 0.334 e. The standard InChI is InChI=1S/C3H7O7P/c4-2(3(5)6)1-10-11(7,8)9/h2,4H,1H2,(H,5,6)(H2,7,8,9)/p-2. The van der Waals surface area contributed by atoms with E-state index in [0.717, 1.165) is 0 Å². The number of carboxylic acids is 1. The molecule has 0 saturated heterocycles. The quantitative estimate of drug-likeness (QED) is 0.453. The van der Waals surface area contributed by atoms with Gasteiger partial charge in [0.2, 0.25) is 0 Å². The van der Waals surface area contributed by atoms with E-state index < -0.39 is 26.5 Å². The van der Waals surface area contributed by atoms with Crippen molar-refractivity contribution in [1.82, 2.24) is 0 Å². The van der Waals surface area contributed by atoms with Crippen LogP contribution in [-0.2, 0) is 13.9 Å². The molecule has 7 nitrogen and oxygen atoms in total. The highest BCUT2D eigenvalue weighted by atomic mass is 31.2. The van der Waals surface area contributed by atoms with Crippen LogP contribution in [0.3, 0.4) is 0 Å². The summed E-state index contributed by atoms with van der Waals surface area (Å²) in [6, 6.07) is 0. The van der Waals surface area contributed by atoms with Gasteiger partial charge in [-0.1, -0.05) is 0 Å². The molecular formula is C3H5O7P-2. The van der Waals surface area contributed by atoms with Crippen LogP contribution >= 0.6 is 7.82 Å². The van der Waals surface area contributed by atoms with E-state index in [2.05, 4.69) is 4.52 Å². The smallest absolute Gasteiger partial charge is 0.334 e. The summed E-state index contributed by atoms with van der Waals surface area (Å²) in [4.78, 5) is 29.2. The third kappa shape index (κ3) is 5.96. The second-order valence-corrected chi connectivity index (χ2v) is 2.75. The zero-order valence-electron chi connectivity index (χ0n) is 5.17. The van der Waals surface area contributed by atoms with Crippen molar-refractivity contribution in [3.63, 3.8) is 0 Å². The van der Waals surface area contributed by atoms with Crippen molar-refractivity contribution < 1.29 is 33.9 Å². The van der Waals surface area contributed by atoms with Gasteiger partial charge < -0.3 is 29.1 Å². The van der Waals surface area contributed by atoms with Gasteiger partial charge in [0.05, 0.1) is 14.4 Å². The number of aliphatic carboxylic acids is 1.